The number of carbonyl (C=O) groups excluding carboxylic acids is 1. The van der Waals surface area contributed by atoms with E-state index in [1.807, 2.05) is 0 Å². The van der Waals surface area contributed by atoms with E-state index in [0.29, 0.717) is 15.5 Å². The van der Waals surface area contributed by atoms with Crippen LogP contribution < -0.4 is 10.1 Å². The van der Waals surface area contributed by atoms with Crippen LogP contribution in [0.2, 0.25) is 10.0 Å². The molecule has 0 aliphatic heterocycles. The lowest BCUT2D eigenvalue weighted by molar-refractivity contribution is -0.118. The summed E-state index contributed by atoms with van der Waals surface area (Å²) in [6.45, 7) is -0.325. The Labute approximate surface area is 149 Å². The number of anilines is 1. The Morgan fingerprint density at radius 3 is 2.79 bits per heavy atom. The van der Waals surface area contributed by atoms with E-state index in [9.17, 15) is 13.6 Å². The second-order valence-electron chi connectivity index (χ2n) is 4.66. The second kappa shape index (κ2) is 6.88. The Kier molecular flexibility index (Phi) is 4.84. The van der Waals surface area contributed by atoms with Crippen molar-refractivity contribution in [3.63, 3.8) is 0 Å². The fraction of sp³-hybridized carbons (Fsp3) is 0.0667. The van der Waals surface area contributed by atoms with E-state index in [1.165, 1.54) is 12.1 Å². The number of hydrogen-bond donors (Lipinski definition) is 1. The number of thiazole rings is 1. The summed E-state index contributed by atoms with van der Waals surface area (Å²) in [4.78, 5) is 15.8. The molecule has 1 N–H and O–H groups in total. The van der Waals surface area contributed by atoms with E-state index >= 15 is 0 Å². The first-order valence-electron chi connectivity index (χ1n) is 6.55. The molecule has 0 aliphatic rings. The van der Waals surface area contributed by atoms with Crippen molar-refractivity contribution >= 4 is 55.8 Å². The molecule has 4 nitrogen and oxygen atoms in total. The monoisotopic (exact) mass is 388 g/mol. The summed E-state index contributed by atoms with van der Waals surface area (Å²) in [7, 11) is 0. The molecule has 1 heterocycles. The summed E-state index contributed by atoms with van der Waals surface area (Å²) < 4.78 is 32.3. The number of hydrogen-bond acceptors (Lipinski definition) is 4. The van der Waals surface area contributed by atoms with Crippen LogP contribution in [0.15, 0.2) is 30.3 Å². The molecule has 0 aliphatic carbocycles. The molecular weight excluding hydrogens is 381 g/mol. The number of carbonyl (C=O) groups is 1. The minimum absolute atomic E-state index is 0.00151. The summed E-state index contributed by atoms with van der Waals surface area (Å²) in [6, 6.07) is 6.48. The van der Waals surface area contributed by atoms with E-state index in [0.717, 1.165) is 23.5 Å². The first kappa shape index (κ1) is 16.9. The first-order chi connectivity index (χ1) is 11.4. The quantitative estimate of drug-likeness (QED) is 0.691. The van der Waals surface area contributed by atoms with Crippen molar-refractivity contribution < 1.29 is 18.3 Å². The molecule has 0 saturated heterocycles. The molecule has 0 bridgehead atoms. The number of benzene rings is 2. The lowest BCUT2D eigenvalue weighted by Gasteiger charge is -2.07. The van der Waals surface area contributed by atoms with Crippen LogP contribution in [-0.4, -0.2) is 17.5 Å². The predicted molar refractivity (Wildman–Crippen MR) is 90.1 cm³/mol. The van der Waals surface area contributed by atoms with E-state index in [2.05, 4.69) is 10.3 Å². The molecule has 1 amide bonds. The highest BCUT2D eigenvalue weighted by Crippen LogP contribution is 2.29. The van der Waals surface area contributed by atoms with Gasteiger partial charge in [-0.15, -0.1) is 0 Å². The van der Waals surface area contributed by atoms with Crippen LogP contribution in [-0.2, 0) is 4.79 Å². The van der Waals surface area contributed by atoms with Gasteiger partial charge in [0.25, 0.3) is 5.91 Å². The number of ether oxygens (including phenoxy) is 1. The second-order valence-corrected chi connectivity index (χ2v) is 6.54. The zero-order valence-electron chi connectivity index (χ0n) is 11.8. The molecule has 0 radical (unpaired) electrons. The molecule has 3 aromatic rings. The molecular formula is C15H8Cl2F2N2O2S. The van der Waals surface area contributed by atoms with Crippen molar-refractivity contribution in [3.8, 4) is 5.75 Å². The Bertz CT molecular complexity index is 933. The Balaban J connectivity index is 1.67. The van der Waals surface area contributed by atoms with Gasteiger partial charge in [-0.3, -0.25) is 10.1 Å². The molecule has 2 aromatic carbocycles. The summed E-state index contributed by atoms with van der Waals surface area (Å²) >= 11 is 12.7. The maximum atomic E-state index is 13.6. The molecule has 0 saturated carbocycles. The number of amides is 1. The van der Waals surface area contributed by atoms with E-state index < -0.39 is 17.5 Å². The Morgan fingerprint density at radius 2 is 2.04 bits per heavy atom. The van der Waals surface area contributed by atoms with Crippen molar-refractivity contribution in [2.24, 2.45) is 0 Å². The zero-order chi connectivity index (χ0) is 17.3. The van der Waals surface area contributed by atoms with Gasteiger partial charge in [0.2, 0.25) is 0 Å². The van der Waals surface area contributed by atoms with Crippen LogP contribution in [0.4, 0.5) is 13.9 Å². The van der Waals surface area contributed by atoms with Crippen molar-refractivity contribution in [2.45, 2.75) is 0 Å². The average molecular weight is 389 g/mol. The van der Waals surface area contributed by atoms with Crippen LogP contribution >= 0.6 is 34.5 Å². The summed E-state index contributed by atoms with van der Waals surface area (Å²) in [5, 5.41) is 3.32. The lowest BCUT2D eigenvalue weighted by Crippen LogP contribution is -2.20. The SMILES string of the molecule is O=C(COc1ccc(Cl)cc1Cl)Nc1nc2c(F)cc(F)cc2s1. The largest absolute Gasteiger partial charge is 0.482 e. The van der Waals surface area contributed by atoms with E-state index in [1.54, 1.807) is 6.07 Å². The van der Waals surface area contributed by atoms with Gasteiger partial charge in [0, 0.05) is 11.1 Å². The van der Waals surface area contributed by atoms with E-state index in [4.69, 9.17) is 27.9 Å². The summed E-state index contributed by atoms with van der Waals surface area (Å²) in [6.07, 6.45) is 0. The number of nitrogens with zero attached hydrogens (tertiary/aromatic N) is 1. The van der Waals surface area contributed by atoms with Gasteiger partial charge in [-0.2, -0.15) is 0 Å². The highest BCUT2D eigenvalue weighted by Gasteiger charge is 2.13. The number of halogens is 4. The van der Waals surface area contributed by atoms with Gasteiger partial charge in [-0.1, -0.05) is 34.5 Å². The fourth-order valence-electron chi connectivity index (χ4n) is 1.90. The standard InChI is InChI=1S/C15H8Cl2F2N2O2S/c16-7-1-2-11(9(17)3-7)23-6-13(22)20-15-21-14-10(19)4-8(18)5-12(14)24-15/h1-5H,6H2,(H,20,21,22). The molecule has 0 unspecified atom stereocenters. The van der Waals surface area contributed by atoms with E-state index in [-0.39, 0.29) is 22.3 Å². The van der Waals surface area contributed by atoms with Gasteiger partial charge < -0.3 is 4.74 Å². The van der Waals surface area contributed by atoms with Gasteiger partial charge in [-0.05, 0) is 24.3 Å². The van der Waals surface area contributed by atoms with Gasteiger partial charge >= 0.3 is 0 Å². The zero-order valence-corrected chi connectivity index (χ0v) is 14.1. The number of aromatic nitrogens is 1. The number of fused-ring (bicyclic) bond motifs is 1. The van der Waals surface area contributed by atoms with Crippen LogP contribution in [0.5, 0.6) is 5.75 Å². The fourth-order valence-corrected chi connectivity index (χ4v) is 3.29. The minimum Gasteiger partial charge on any atom is -0.482 e. The van der Waals surface area contributed by atoms with Crippen molar-refractivity contribution in [2.75, 3.05) is 11.9 Å². The van der Waals surface area contributed by atoms with Gasteiger partial charge in [0.15, 0.2) is 17.6 Å². The van der Waals surface area contributed by atoms with Crippen LogP contribution in [0.3, 0.4) is 0 Å². The summed E-state index contributed by atoms with van der Waals surface area (Å²) in [5.41, 5.74) is -0.00151. The third-order valence-electron chi connectivity index (χ3n) is 2.91. The molecule has 0 spiro atoms. The third kappa shape index (κ3) is 3.75. The smallest absolute Gasteiger partial charge is 0.264 e. The normalized spacial score (nSPS) is 10.8. The molecule has 124 valence electrons. The molecule has 1 aromatic heterocycles. The third-order valence-corrected chi connectivity index (χ3v) is 4.36. The van der Waals surface area contributed by atoms with Crippen LogP contribution in [0, 0.1) is 11.6 Å². The Hall–Kier alpha value is -1.96. The van der Waals surface area contributed by atoms with Gasteiger partial charge in [-0.25, -0.2) is 13.8 Å². The maximum absolute atomic E-state index is 13.6. The van der Waals surface area contributed by atoms with Gasteiger partial charge in [0.05, 0.1) is 9.72 Å². The molecule has 9 heteroatoms. The average Bonchev–Trinajstić information content (AvgIpc) is 2.89. The molecule has 0 fully saturated rings. The minimum atomic E-state index is -0.786. The maximum Gasteiger partial charge on any atom is 0.264 e. The molecule has 0 atom stereocenters. The van der Waals surface area contributed by atoms with Gasteiger partial charge in [0.1, 0.15) is 17.1 Å². The van der Waals surface area contributed by atoms with Crippen molar-refractivity contribution in [3.05, 3.63) is 52.0 Å². The molecule has 24 heavy (non-hydrogen) atoms. The summed E-state index contributed by atoms with van der Waals surface area (Å²) in [5.74, 6) is -1.71. The topological polar surface area (TPSA) is 51.2 Å². The first-order valence-corrected chi connectivity index (χ1v) is 8.13. The van der Waals surface area contributed by atoms with Crippen LogP contribution in [0.25, 0.3) is 10.2 Å². The van der Waals surface area contributed by atoms with Crippen LogP contribution in [0.1, 0.15) is 0 Å². The van der Waals surface area contributed by atoms with Crippen molar-refractivity contribution in [1.29, 1.82) is 0 Å². The number of nitrogens with one attached hydrogen (secondary N) is 1. The lowest BCUT2D eigenvalue weighted by atomic mass is 10.3. The highest BCUT2D eigenvalue weighted by molar-refractivity contribution is 7.22. The Morgan fingerprint density at radius 1 is 1.25 bits per heavy atom. The predicted octanol–water partition coefficient (Wildman–Crippen LogP) is 4.90. The molecule has 3 rings (SSSR count). The van der Waals surface area contributed by atoms with Crippen molar-refractivity contribution in [1.82, 2.24) is 4.98 Å². The number of rotatable bonds is 4. The highest BCUT2D eigenvalue weighted by atomic mass is 35.5.